The van der Waals surface area contributed by atoms with Gasteiger partial charge in [-0.15, -0.1) is 0 Å². The highest BCUT2D eigenvalue weighted by molar-refractivity contribution is 5.67. The summed E-state index contributed by atoms with van der Waals surface area (Å²) in [5.41, 5.74) is 1.02. The molecule has 1 aromatic carbocycles. The van der Waals surface area contributed by atoms with Gasteiger partial charge in [-0.05, 0) is 12.5 Å². The fourth-order valence-corrected chi connectivity index (χ4v) is 2.56. The molecule has 0 spiro atoms. The fourth-order valence-electron chi connectivity index (χ4n) is 2.56. The molecule has 1 aliphatic heterocycles. The summed E-state index contributed by atoms with van der Waals surface area (Å²) in [5.74, 6) is -0.866. The molecule has 1 heterocycles. The Morgan fingerprint density at radius 1 is 1.13 bits per heavy atom. The Morgan fingerprint density at radius 2 is 1.78 bits per heavy atom. The molecule has 126 valence electrons. The standard InChI is InChI=1S/C17H22O6/c1-11-17(23-13(3)19)15(22-12(2)18)9-16(21-11)20-10-14-7-5-4-6-8-14/h4-8,11,15-17H,9-10H2,1-3H3/t11-,15-,16+,17-/m0/s1. The fraction of sp³-hybridized carbons (Fsp3) is 0.529. The molecule has 1 saturated heterocycles. The Morgan fingerprint density at radius 3 is 2.39 bits per heavy atom. The van der Waals surface area contributed by atoms with Crippen molar-refractivity contribution >= 4 is 11.9 Å². The van der Waals surface area contributed by atoms with Gasteiger partial charge in [-0.1, -0.05) is 30.3 Å². The van der Waals surface area contributed by atoms with Crippen molar-refractivity contribution in [2.75, 3.05) is 0 Å². The summed E-state index contributed by atoms with van der Waals surface area (Å²) < 4.78 is 22.0. The van der Waals surface area contributed by atoms with Crippen LogP contribution in [0.4, 0.5) is 0 Å². The van der Waals surface area contributed by atoms with E-state index in [-0.39, 0.29) is 0 Å². The second kappa shape index (κ2) is 8.08. The minimum atomic E-state index is -0.632. The van der Waals surface area contributed by atoms with Gasteiger partial charge in [0.1, 0.15) is 6.10 Å². The number of ether oxygens (including phenoxy) is 4. The first-order valence-electron chi connectivity index (χ1n) is 7.61. The molecule has 2 rings (SSSR count). The SMILES string of the molecule is CC(=O)O[C@H]1[C@H](C)O[C@@H](OCc2ccccc2)C[C@@H]1OC(C)=O. The summed E-state index contributed by atoms with van der Waals surface area (Å²) in [6, 6.07) is 9.71. The van der Waals surface area contributed by atoms with Gasteiger partial charge in [-0.2, -0.15) is 0 Å². The molecular weight excluding hydrogens is 300 g/mol. The molecule has 23 heavy (non-hydrogen) atoms. The average molecular weight is 322 g/mol. The summed E-state index contributed by atoms with van der Waals surface area (Å²) in [6.07, 6.45) is -1.86. The van der Waals surface area contributed by atoms with Crippen LogP contribution in [0.1, 0.15) is 32.8 Å². The van der Waals surface area contributed by atoms with Crippen LogP contribution in [0.2, 0.25) is 0 Å². The van der Waals surface area contributed by atoms with Gasteiger partial charge in [0.15, 0.2) is 12.4 Å². The molecule has 0 N–H and O–H groups in total. The Labute approximate surface area is 135 Å². The zero-order chi connectivity index (χ0) is 16.8. The second-order valence-electron chi connectivity index (χ2n) is 5.52. The minimum absolute atomic E-state index is 0.314. The number of hydrogen-bond donors (Lipinski definition) is 0. The average Bonchev–Trinajstić information content (AvgIpc) is 2.49. The van der Waals surface area contributed by atoms with Gasteiger partial charge in [-0.3, -0.25) is 9.59 Å². The summed E-state index contributed by atoms with van der Waals surface area (Å²) in [5, 5.41) is 0. The van der Waals surface area contributed by atoms with E-state index in [4.69, 9.17) is 18.9 Å². The zero-order valence-electron chi connectivity index (χ0n) is 13.6. The second-order valence-corrected chi connectivity index (χ2v) is 5.52. The number of carbonyl (C=O) groups is 2. The minimum Gasteiger partial charge on any atom is -0.458 e. The Balaban J connectivity index is 1.98. The molecule has 0 saturated carbocycles. The van der Waals surface area contributed by atoms with Crippen molar-refractivity contribution in [1.82, 2.24) is 0 Å². The first-order chi connectivity index (χ1) is 11.0. The first kappa shape index (κ1) is 17.4. The van der Waals surface area contributed by atoms with Crippen molar-refractivity contribution in [3.05, 3.63) is 35.9 Å². The van der Waals surface area contributed by atoms with Gasteiger partial charge in [0.05, 0.1) is 12.7 Å². The van der Waals surface area contributed by atoms with Crippen LogP contribution >= 0.6 is 0 Å². The van der Waals surface area contributed by atoms with E-state index < -0.39 is 36.5 Å². The van der Waals surface area contributed by atoms with Crippen LogP contribution in [0, 0.1) is 0 Å². The quantitative estimate of drug-likeness (QED) is 0.774. The Kier molecular flexibility index (Phi) is 6.12. The lowest BCUT2D eigenvalue weighted by molar-refractivity contribution is -0.258. The lowest BCUT2D eigenvalue weighted by Crippen LogP contribution is -2.51. The van der Waals surface area contributed by atoms with Gasteiger partial charge < -0.3 is 18.9 Å². The molecule has 6 nitrogen and oxygen atoms in total. The molecule has 0 bridgehead atoms. The topological polar surface area (TPSA) is 71.1 Å². The van der Waals surface area contributed by atoms with Crippen LogP contribution in [0.25, 0.3) is 0 Å². The third-order valence-corrected chi connectivity index (χ3v) is 3.52. The van der Waals surface area contributed by atoms with E-state index in [0.717, 1.165) is 5.56 Å². The Bertz CT molecular complexity index is 529. The van der Waals surface area contributed by atoms with Crippen molar-refractivity contribution in [3.8, 4) is 0 Å². The maximum Gasteiger partial charge on any atom is 0.303 e. The summed E-state index contributed by atoms with van der Waals surface area (Å²) >= 11 is 0. The third kappa shape index (κ3) is 5.33. The number of esters is 2. The number of rotatable bonds is 5. The summed E-state index contributed by atoms with van der Waals surface area (Å²) in [7, 11) is 0. The predicted octanol–water partition coefficient (Wildman–Crippen LogP) is 2.20. The molecule has 1 aromatic rings. The smallest absolute Gasteiger partial charge is 0.303 e. The van der Waals surface area contributed by atoms with E-state index >= 15 is 0 Å². The number of carbonyl (C=O) groups excluding carboxylic acids is 2. The van der Waals surface area contributed by atoms with Crippen molar-refractivity contribution in [1.29, 1.82) is 0 Å². The van der Waals surface area contributed by atoms with E-state index in [9.17, 15) is 9.59 Å². The van der Waals surface area contributed by atoms with Crippen molar-refractivity contribution in [2.45, 2.75) is 58.4 Å². The van der Waals surface area contributed by atoms with Gasteiger partial charge in [0, 0.05) is 20.3 Å². The van der Waals surface area contributed by atoms with Crippen LogP contribution in [0.5, 0.6) is 0 Å². The van der Waals surface area contributed by atoms with E-state index in [2.05, 4.69) is 0 Å². The largest absolute Gasteiger partial charge is 0.458 e. The highest BCUT2D eigenvalue weighted by Crippen LogP contribution is 2.26. The monoisotopic (exact) mass is 322 g/mol. The van der Waals surface area contributed by atoms with Crippen molar-refractivity contribution in [3.63, 3.8) is 0 Å². The third-order valence-electron chi connectivity index (χ3n) is 3.52. The van der Waals surface area contributed by atoms with Gasteiger partial charge in [-0.25, -0.2) is 0 Å². The predicted molar refractivity (Wildman–Crippen MR) is 81.3 cm³/mol. The molecule has 0 aromatic heterocycles. The molecule has 4 atom stereocenters. The van der Waals surface area contributed by atoms with Crippen LogP contribution in [0.15, 0.2) is 30.3 Å². The van der Waals surface area contributed by atoms with E-state index in [1.165, 1.54) is 13.8 Å². The molecular formula is C17H22O6. The molecule has 0 aliphatic carbocycles. The van der Waals surface area contributed by atoms with Gasteiger partial charge >= 0.3 is 11.9 Å². The van der Waals surface area contributed by atoms with Gasteiger partial charge in [0.2, 0.25) is 0 Å². The van der Waals surface area contributed by atoms with E-state index in [1.807, 2.05) is 30.3 Å². The maximum absolute atomic E-state index is 11.3. The van der Waals surface area contributed by atoms with Crippen LogP contribution in [-0.4, -0.2) is 36.5 Å². The molecule has 1 fully saturated rings. The van der Waals surface area contributed by atoms with Crippen molar-refractivity contribution < 1.29 is 28.5 Å². The zero-order valence-corrected chi connectivity index (χ0v) is 13.6. The first-order valence-corrected chi connectivity index (χ1v) is 7.61. The summed E-state index contributed by atoms with van der Waals surface area (Å²) in [4.78, 5) is 22.5. The number of benzene rings is 1. The molecule has 0 unspecified atom stereocenters. The lowest BCUT2D eigenvalue weighted by Gasteiger charge is -2.38. The van der Waals surface area contributed by atoms with E-state index in [0.29, 0.717) is 13.0 Å². The molecule has 0 radical (unpaired) electrons. The summed E-state index contributed by atoms with van der Waals surface area (Å²) in [6.45, 7) is 4.80. The Hall–Kier alpha value is -1.92. The van der Waals surface area contributed by atoms with Crippen LogP contribution < -0.4 is 0 Å². The number of hydrogen-bond acceptors (Lipinski definition) is 6. The maximum atomic E-state index is 11.3. The molecule has 0 amide bonds. The molecule has 6 heteroatoms. The molecule has 1 aliphatic rings. The van der Waals surface area contributed by atoms with Crippen LogP contribution in [0.3, 0.4) is 0 Å². The van der Waals surface area contributed by atoms with Gasteiger partial charge in [0.25, 0.3) is 0 Å². The van der Waals surface area contributed by atoms with Crippen LogP contribution in [-0.2, 0) is 35.1 Å². The van der Waals surface area contributed by atoms with E-state index in [1.54, 1.807) is 6.92 Å². The highest BCUT2D eigenvalue weighted by Gasteiger charge is 2.41. The normalized spacial score (nSPS) is 27.3. The lowest BCUT2D eigenvalue weighted by atomic mass is 10.0. The highest BCUT2D eigenvalue weighted by atomic mass is 16.7. The van der Waals surface area contributed by atoms with Crippen molar-refractivity contribution in [2.24, 2.45) is 0 Å².